The van der Waals surface area contributed by atoms with Crippen LogP contribution in [0, 0.1) is 17.8 Å². The predicted molar refractivity (Wildman–Crippen MR) is 190 cm³/mol. The van der Waals surface area contributed by atoms with Gasteiger partial charge in [0.1, 0.15) is 29.4 Å². The van der Waals surface area contributed by atoms with E-state index in [-0.39, 0.29) is 35.7 Å². The third-order valence-corrected chi connectivity index (χ3v) is 12.1. The van der Waals surface area contributed by atoms with Gasteiger partial charge in [-0.15, -0.1) is 0 Å². The zero-order valence-corrected chi connectivity index (χ0v) is 29.5. The number of hydrogen-bond acceptors (Lipinski definition) is 7. The zero-order valence-electron chi connectivity index (χ0n) is 29.5. The topological polar surface area (TPSA) is 152 Å². The second kappa shape index (κ2) is 13.4. The fourth-order valence-electron chi connectivity index (χ4n) is 9.23. The number of benzene rings is 2. The number of aromatic amines is 1. The third kappa shape index (κ3) is 5.96. The Morgan fingerprint density at radius 3 is 2.59 bits per heavy atom. The van der Waals surface area contributed by atoms with Gasteiger partial charge in [0.05, 0.1) is 28.4 Å². The Kier molecular flexibility index (Phi) is 8.81. The molecule has 2 bridgehead atoms. The van der Waals surface area contributed by atoms with Crippen LogP contribution in [0.1, 0.15) is 91.8 Å². The number of carbonyl (C=O) groups is 3. The Hall–Kier alpha value is -4.71. The average molecular weight is 694 g/mol. The number of imidazole rings is 1. The van der Waals surface area contributed by atoms with Crippen molar-refractivity contribution in [2.24, 2.45) is 24.8 Å². The average Bonchev–Trinajstić information content (AvgIpc) is 3.85. The molecule has 2 aromatic carbocycles. The highest BCUT2D eigenvalue weighted by molar-refractivity contribution is 5.95. The maximum absolute atomic E-state index is 14.6. The van der Waals surface area contributed by atoms with Crippen molar-refractivity contribution < 1.29 is 23.9 Å². The van der Waals surface area contributed by atoms with Gasteiger partial charge in [0.15, 0.2) is 0 Å². The van der Waals surface area contributed by atoms with Gasteiger partial charge in [-0.05, 0) is 93.5 Å². The molecule has 3 aliphatic carbocycles. The van der Waals surface area contributed by atoms with Gasteiger partial charge in [0.2, 0.25) is 11.8 Å². The first-order valence-corrected chi connectivity index (χ1v) is 18.5. The minimum absolute atomic E-state index is 0.0945. The summed E-state index contributed by atoms with van der Waals surface area (Å²) in [6.07, 6.45) is 6.74. The Bertz CT molecular complexity index is 1940. The van der Waals surface area contributed by atoms with Gasteiger partial charge >= 0.3 is 0 Å². The first-order valence-electron chi connectivity index (χ1n) is 18.5. The van der Waals surface area contributed by atoms with E-state index in [0.29, 0.717) is 50.0 Å². The highest BCUT2D eigenvalue weighted by Crippen LogP contribution is 2.50. The van der Waals surface area contributed by atoms with Crippen molar-refractivity contribution in [3.05, 3.63) is 77.4 Å². The fraction of sp³-hybridized carbons (Fsp3) is 0.513. The number of rotatable bonds is 10. The molecule has 5 atom stereocenters. The lowest BCUT2D eigenvalue weighted by atomic mass is 9.58. The minimum atomic E-state index is -0.876. The monoisotopic (exact) mass is 693 g/mol. The summed E-state index contributed by atoms with van der Waals surface area (Å²) in [5.41, 5.74) is 2.88. The summed E-state index contributed by atoms with van der Waals surface area (Å²) < 4.78 is 13.6. The largest absolute Gasteiger partial charge is 0.490 e. The number of para-hydroxylation sites is 1. The molecule has 268 valence electrons. The molecule has 9 rings (SSSR count). The number of H-pyrrole nitrogens is 1. The zero-order chi connectivity index (χ0) is 35.3. The Labute approximate surface area is 297 Å². The normalized spacial score (nSPS) is 25.9. The van der Waals surface area contributed by atoms with Crippen molar-refractivity contribution in [2.45, 2.75) is 81.9 Å². The lowest BCUT2D eigenvalue weighted by Gasteiger charge is -2.49. The van der Waals surface area contributed by atoms with E-state index < -0.39 is 17.5 Å². The number of aromatic nitrogens is 4. The lowest BCUT2D eigenvalue weighted by molar-refractivity contribution is -0.138. The lowest BCUT2D eigenvalue weighted by Crippen LogP contribution is -2.59. The van der Waals surface area contributed by atoms with Crippen LogP contribution < -0.4 is 20.7 Å². The number of likely N-dealkylation sites (N-methyl/N-ethyl adjacent to an activating group) is 1. The molecule has 2 unspecified atom stereocenters. The predicted octanol–water partition coefficient (Wildman–Crippen LogP) is 4.44. The van der Waals surface area contributed by atoms with Crippen molar-refractivity contribution in [3.8, 4) is 5.75 Å². The second-order valence-corrected chi connectivity index (χ2v) is 14.9. The summed E-state index contributed by atoms with van der Waals surface area (Å²) in [5.74, 6) is 2.06. The quantitative estimate of drug-likeness (QED) is 0.192. The number of ether oxygens (including phenoxy) is 2. The first kappa shape index (κ1) is 33.4. The van der Waals surface area contributed by atoms with Gasteiger partial charge in [-0.2, -0.15) is 5.10 Å². The molecule has 12 nitrogen and oxygen atoms in total. The van der Waals surface area contributed by atoms with E-state index in [1.54, 1.807) is 24.0 Å². The maximum atomic E-state index is 14.6. The number of nitrogens with zero attached hydrogens (tertiary/aromatic N) is 3. The van der Waals surface area contributed by atoms with E-state index in [9.17, 15) is 14.4 Å². The van der Waals surface area contributed by atoms with E-state index >= 15 is 0 Å². The number of carbonyl (C=O) groups excluding carboxylic acids is 3. The molecular weight excluding hydrogens is 646 g/mol. The highest BCUT2D eigenvalue weighted by Gasteiger charge is 2.49. The van der Waals surface area contributed by atoms with Crippen molar-refractivity contribution in [2.75, 3.05) is 19.8 Å². The molecule has 4 heterocycles. The highest BCUT2D eigenvalue weighted by atomic mass is 16.5. The summed E-state index contributed by atoms with van der Waals surface area (Å²) in [4.78, 5) is 50.3. The van der Waals surface area contributed by atoms with Crippen LogP contribution >= 0.6 is 0 Å². The summed E-state index contributed by atoms with van der Waals surface area (Å²) in [7, 11) is 1.74. The molecule has 4 fully saturated rings. The molecule has 4 N–H and O–H groups in total. The Morgan fingerprint density at radius 1 is 1.06 bits per heavy atom. The van der Waals surface area contributed by atoms with Gasteiger partial charge in [0.25, 0.3) is 5.91 Å². The molecule has 2 aromatic heterocycles. The number of fused-ring (bicyclic) bond motifs is 4. The van der Waals surface area contributed by atoms with Crippen LogP contribution in [-0.4, -0.2) is 69.4 Å². The molecule has 1 saturated heterocycles. The SMILES string of the molecule is CCNC(=O)[C@H](NC(=O)C1(c2ccc3nc([C@@H](NC(=O)c4ccnn4C)[C@@H]4c5ccccc5OC4C)[nH]c3c2)CCOCC1)C1CCC2CC1C2. The van der Waals surface area contributed by atoms with Gasteiger partial charge in [0, 0.05) is 38.6 Å². The molecule has 0 spiro atoms. The number of nitrogens with one attached hydrogen (secondary N) is 4. The van der Waals surface area contributed by atoms with Gasteiger partial charge < -0.3 is 30.4 Å². The molecular formula is C39H47N7O5. The molecule has 2 aliphatic heterocycles. The van der Waals surface area contributed by atoms with Crippen LogP contribution in [0.25, 0.3) is 11.0 Å². The summed E-state index contributed by atoms with van der Waals surface area (Å²) in [6.45, 7) is 5.33. The molecule has 51 heavy (non-hydrogen) atoms. The van der Waals surface area contributed by atoms with Crippen LogP contribution in [-0.2, 0) is 26.8 Å². The van der Waals surface area contributed by atoms with E-state index in [0.717, 1.165) is 59.5 Å². The number of aryl methyl sites for hydroxylation is 1. The first-order chi connectivity index (χ1) is 24.8. The van der Waals surface area contributed by atoms with E-state index in [4.69, 9.17) is 14.5 Å². The standard InChI is InChI=1S/C39H47N7O5/c1-4-40-37(48)33(26-11-9-23-19-24(26)20-23)45-38(49)39(14-17-50-18-15-39)25-10-12-28-29(21-25)43-35(42-28)34(44-36(47)30-13-16-41-46(30)3)32-22(2)51-31-8-6-5-7-27(31)32/h5-8,10,12-13,16,21-24,26,32-34H,4,9,11,14-15,17-20H2,1-3H3,(H,40,48)(H,42,43)(H,44,47)(H,45,49)/t22?,23?,24?,26?,32-,33+,34-/m0/s1. The molecule has 3 saturated carbocycles. The van der Waals surface area contributed by atoms with E-state index in [1.165, 1.54) is 0 Å². The fourth-order valence-corrected chi connectivity index (χ4v) is 9.23. The van der Waals surface area contributed by atoms with Gasteiger partial charge in [-0.3, -0.25) is 19.1 Å². The molecule has 5 aliphatic rings. The van der Waals surface area contributed by atoms with Gasteiger partial charge in [-0.1, -0.05) is 30.7 Å². The molecule has 0 radical (unpaired) electrons. The summed E-state index contributed by atoms with van der Waals surface area (Å²) in [6, 6.07) is 14.4. The smallest absolute Gasteiger partial charge is 0.270 e. The number of amides is 3. The van der Waals surface area contributed by atoms with Crippen molar-refractivity contribution in [1.82, 2.24) is 35.7 Å². The minimum Gasteiger partial charge on any atom is -0.490 e. The van der Waals surface area contributed by atoms with Crippen LogP contribution in [0.2, 0.25) is 0 Å². The summed E-state index contributed by atoms with van der Waals surface area (Å²) >= 11 is 0. The molecule has 12 heteroatoms. The van der Waals surface area contributed by atoms with Gasteiger partial charge in [-0.25, -0.2) is 4.98 Å². The van der Waals surface area contributed by atoms with Crippen LogP contribution in [0.4, 0.5) is 0 Å². The Balaban J connectivity index is 1.14. The molecule has 4 aromatic rings. The maximum Gasteiger partial charge on any atom is 0.270 e. The van der Waals surface area contributed by atoms with E-state index in [2.05, 4.69) is 26.0 Å². The second-order valence-electron chi connectivity index (χ2n) is 14.9. The van der Waals surface area contributed by atoms with E-state index in [1.807, 2.05) is 56.3 Å². The Morgan fingerprint density at radius 2 is 1.86 bits per heavy atom. The van der Waals surface area contributed by atoms with Crippen molar-refractivity contribution in [1.29, 1.82) is 0 Å². The summed E-state index contributed by atoms with van der Waals surface area (Å²) in [5, 5.41) is 13.7. The van der Waals surface area contributed by atoms with Crippen LogP contribution in [0.5, 0.6) is 5.75 Å². The third-order valence-electron chi connectivity index (χ3n) is 12.1. The number of hydrogen-bond donors (Lipinski definition) is 4. The van der Waals surface area contributed by atoms with Crippen LogP contribution in [0.3, 0.4) is 0 Å². The van der Waals surface area contributed by atoms with Crippen molar-refractivity contribution >= 4 is 28.8 Å². The molecule has 3 amide bonds. The van der Waals surface area contributed by atoms with Crippen molar-refractivity contribution in [3.63, 3.8) is 0 Å². The van der Waals surface area contributed by atoms with Crippen LogP contribution in [0.15, 0.2) is 54.7 Å².